The SMILES string of the molecule is O=C(Cn1nnc(-c2ccccc2)n1)Nc1ccccc1N1CCCC1. The highest BCUT2D eigenvalue weighted by atomic mass is 16.2. The van der Waals surface area contributed by atoms with Gasteiger partial charge in [-0.25, -0.2) is 0 Å². The van der Waals surface area contributed by atoms with Crippen molar-refractivity contribution < 1.29 is 4.79 Å². The fraction of sp³-hybridized carbons (Fsp3) is 0.263. The van der Waals surface area contributed by atoms with E-state index in [0.717, 1.165) is 30.0 Å². The Morgan fingerprint density at radius 3 is 2.54 bits per heavy atom. The number of hydrogen-bond donors (Lipinski definition) is 1. The highest BCUT2D eigenvalue weighted by molar-refractivity contribution is 5.94. The predicted molar refractivity (Wildman–Crippen MR) is 99.8 cm³/mol. The van der Waals surface area contributed by atoms with Crippen molar-refractivity contribution in [2.75, 3.05) is 23.3 Å². The standard InChI is InChI=1S/C19H20N6O/c26-18(14-25-22-19(21-23-25)15-8-2-1-3-9-15)20-16-10-4-5-11-17(16)24-12-6-7-13-24/h1-5,8-11H,6-7,12-14H2,(H,20,26). The van der Waals surface area contributed by atoms with E-state index in [2.05, 4.69) is 25.6 Å². The van der Waals surface area contributed by atoms with Crippen LogP contribution in [0.3, 0.4) is 0 Å². The molecule has 132 valence electrons. The first-order valence-electron chi connectivity index (χ1n) is 8.77. The summed E-state index contributed by atoms with van der Waals surface area (Å²) in [6, 6.07) is 17.5. The van der Waals surface area contributed by atoms with Gasteiger partial charge in [-0.1, -0.05) is 42.5 Å². The molecule has 0 spiro atoms. The number of carbonyl (C=O) groups is 1. The lowest BCUT2D eigenvalue weighted by Crippen LogP contribution is -2.24. The number of tetrazole rings is 1. The van der Waals surface area contributed by atoms with Gasteiger partial charge in [-0.15, -0.1) is 10.2 Å². The maximum absolute atomic E-state index is 12.4. The van der Waals surface area contributed by atoms with Crippen LogP contribution in [0.5, 0.6) is 0 Å². The number of para-hydroxylation sites is 2. The minimum Gasteiger partial charge on any atom is -0.370 e. The summed E-state index contributed by atoms with van der Waals surface area (Å²) in [5.74, 6) is 0.338. The fourth-order valence-corrected chi connectivity index (χ4v) is 3.14. The zero-order valence-electron chi connectivity index (χ0n) is 14.4. The van der Waals surface area contributed by atoms with Crippen LogP contribution >= 0.6 is 0 Å². The zero-order valence-corrected chi connectivity index (χ0v) is 14.4. The minimum absolute atomic E-state index is 0.0220. The third kappa shape index (κ3) is 3.56. The highest BCUT2D eigenvalue weighted by Crippen LogP contribution is 2.28. The Bertz CT molecular complexity index is 886. The van der Waals surface area contributed by atoms with Crippen molar-refractivity contribution in [3.05, 3.63) is 54.6 Å². The van der Waals surface area contributed by atoms with Crippen molar-refractivity contribution >= 4 is 17.3 Å². The van der Waals surface area contributed by atoms with E-state index in [-0.39, 0.29) is 12.5 Å². The number of nitrogens with one attached hydrogen (secondary N) is 1. The van der Waals surface area contributed by atoms with E-state index >= 15 is 0 Å². The Balaban J connectivity index is 1.44. The predicted octanol–water partition coefficient (Wildman–Crippen LogP) is 2.58. The first kappa shape index (κ1) is 16.3. The molecule has 0 bridgehead atoms. The molecule has 1 aliphatic heterocycles. The molecule has 2 aromatic carbocycles. The molecule has 2 heterocycles. The Morgan fingerprint density at radius 1 is 1.00 bits per heavy atom. The van der Waals surface area contributed by atoms with Crippen LogP contribution < -0.4 is 10.2 Å². The molecule has 26 heavy (non-hydrogen) atoms. The third-order valence-electron chi connectivity index (χ3n) is 4.39. The van der Waals surface area contributed by atoms with Gasteiger partial charge in [0, 0.05) is 18.7 Å². The lowest BCUT2D eigenvalue weighted by atomic mass is 10.2. The second-order valence-electron chi connectivity index (χ2n) is 6.27. The average Bonchev–Trinajstić information content (AvgIpc) is 3.35. The van der Waals surface area contributed by atoms with Gasteiger partial charge in [0.05, 0.1) is 11.4 Å². The molecule has 4 rings (SSSR count). The summed E-state index contributed by atoms with van der Waals surface area (Å²) in [5.41, 5.74) is 2.76. The first-order valence-corrected chi connectivity index (χ1v) is 8.77. The van der Waals surface area contributed by atoms with Crippen LogP contribution in [-0.4, -0.2) is 39.2 Å². The largest absolute Gasteiger partial charge is 0.370 e. The van der Waals surface area contributed by atoms with Gasteiger partial charge in [-0.3, -0.25) is 4.79 Å². The number of rotatable bonds is 5. The Kier molecular flexibility index (Phi) is 4.59. The van der Waals surface area contributed by atoms with Crippen LogP contribution in [0.2, 0.25) is 0 Å². The van der Waals surface area contributed by atoms with Gasteiger partial charge in [0.1, 0.15) is 6.54 Å². The molecular formula is C19H20N6O. The normalized spacial score (nSPS) is 13.8. The molecule has 1 aromatic heterocycles. The van der Waals surface area contributed by atoms with Crippen molar-refractivity contribution in [1.82, 2.24) is 20.2 Å². The van der Waals surface area contributed by atoms with Crippen molar-refractivity contribution in [2.45, 2.75) is 19.4 Å². The summed E-state index contributed by atoms with van der Waals surface area (Å²) in [7, 11) is 0. The van der Waals surface area contributed by atoms with E-state index in [1.165, 1.54) is 17.6 Å². The van der Waals surface area contributed by atoms with E-state index in [0.29, 0.717) is 5.82 Å². The number of carbonyl (C=O) groups excluding carboxylic acids is 1. The first-order chi connectivity index (χ1) is 12.8. The van der Waals surface area contributed by atoms with Crippen LogP contribution in [0, 0.1) is 0 Å². The molecule has 1 amide bonds. The number of nitrogens with zero attached hydrogens (tertiary/aromatic N) is 5. The number of amides is 1. The van der Waals surface area contributed by atoms with Gasteiger partial charge < -0.3 is 10.2 Å². The van der Waals surface area contributed by atoms with Crippen LogP contribution in [0.1, 0.15) is 12.8 Å². The Hall–Kier alpha value is -3.22. The van der Waals surface area contributed by atoms with E-state index in [4.69, 9.17) is 0 Å². The number of hydrogen-bond acceptors (Lipinski definition) is 5. The van der Waals surface area contributed by atoms with Crippen LogP contribution in [-0.2, 0) is 11.3 Å². The second-order valence-corrected chi connectivity index (χ2v) is 6.27. The number of aromatic nitrogens is 4. The van der Waals surface area contributed by atoms with Gasteiger partial charge >= 0.3 is 0 Å². The van der Waals surface area contributed by atoms with Crippen molar-refractivity contribution in [3.8, 4) is 11.4 Å². The van der Waals surface area contributed by atoms with Gasteiger partial charge in [-0.2, -0.15) is 4.80 Å². The molecule has 0 saturated carbocycles. The van der Waals surface area contributed by atoms with Gasteiger partial charge in [0.2, 0.25) is 11.7 Å². The Labute approximate surface area is 151 Å². The molecule has 1 saturated heterocycles. The minimum atomic E-state index is -0.173. The second kappa shape index (κ2) is 7.35. The van der Waals surface area contributed by atoms with Gasteiger partial charge in [-0.05, 0) is 30.2 Å². The number of benzene rings is 2. The summed E-state index contributed by atoms with van der Waals surface area (Å²) >= 11 is 0. The molecule has 1 aliphatic rings. The smallest absolute Gasteiger partial charge is 0.248 e. The van der Waals surface area contributed by atoms with Crippen molar-refractivity contribution in [2.24, 2.45) is 0 Å². The van der Waals surface area contributed by atoms with Gasteiger partial charge in [0.15, 0.2) is 0 Å². The number of anilines is 2. The molecule has 1 N–H and O–H groups in total. The quantitative estimate of drug-likeness (QED) is 0.767. The fourth-order valence-electron chi connectivity index (χ4n) is 3.14. The summed E-state index contributed by atoms with van der Waals surface area (Å²) in [5, 5.41) is 15.3. The summed E-state index contributed by atoms with van der Waals surface area (Å²) in [6.07, 6.45) is 2.38. The summed E-state index contributed by atoms with van der Waals surface area (Å²) in [6.45, 7) is 2.07. The molecule has 0 radical (unpaired) electrons. The van der Waals surface area contributed by atoms with Crippen molar-refractivity contribution in [1.29, 1.82) is 0 Å². The zero-order chi connectivity index (χ0) is 17.8. The van der Waals surface area contributed by atoms with E-state index in [1.54, 1.807) is 0 Å². The molecule has 7 nitrogen and oxygen atoms in total. The summed E-state index contributed by atoms with van der Waals surface area (Å²) < 4.78 is 0. The molecule has 3 aromatic rings. The molecular weight excluding hydrogens is 328 g/mol. The monoisotopic (exact) mass is 348 g/mol. The van der Waals surface area contributed by atoms with Gasteiger partial charge in [0.25, 0.3) is 0 Å². The molecule has 0 atom stereocenters. The lowest BCUT2D eigenvalue weighted by molar-refractivity contribution is -0.117. The maximum Gasteiger partial charge on any atom is 0.248 e. The van der Waals surface area contributed by atoms with E-state index in [9.17, 15) is 4.79 Å². The Morgan fingerprint density at radius 2 is 1.73 bits per heavy atom. The van der Waals surface area contributed by atoms with Crippen LogP contribution in [0.25, 0.3) is 11.4 Å². The molecule has 1 fully saturated rings. The maximum atomic E-state index is 12.4. The third-order valence-corrected chi connectivity index (χ3v) is 4.39. The van der Waals surface area contributed by atoms with Crippen molar-refractivity contribution in [3.63, 3.8) is 0 Å². The topological polar surface area (TPSA) is 75.9 Å². The molecule has 0 unspecified atom stereocenters. The van der Waals surface area contributed by atoms with E-state index in [1.807, 2.05) is 54.6 Å². The average molecular weight is 348 g/mol. The van der Waals surface area contributed by atoms with Crippen LogP contribution in [0.15, 0.2) is 54.6 Å². The molecule has 0 aliphatic carbocycles. The summed E-state index contributed by atoms with van der Waals surface area (Å²) in [4.78, 5) is 16.1. The van der Waals surface area contributed by atoms with Crippen LogP contribution in [0.4, 0.5) is 11.4 Å². The molecule has 7 heteroatoms. The lowest BCUT2D eigenvalue weighted by Gasteiger charge is -2.21. The van der Waals surface area contributed by atoms with E-state index < -0.39 is 0 Å². The highest BCUT2D eigenvalue weighted by Gasteiger charge is 2.17.